The van der Waals surface area contributed by atoms with Crippen molar-refractivity contribution >= 4 is 11.8 Å². The molecule has 0 unspecified atom stereocenters. The van der Waals surface area contributed by atoms with E-state index in [9.17, 15) is 14.0 Å². The van der Waals surface area contributed by atoms with E-state index in [0.717, 1.165) is 38.0 Å². The first-order chi connectivity index (χ1) is 13.5. The molecule has 1 aromatic rings. The van der Waals surface area contributed by atoms with E-state index >= 15 is 0 Å². The topological polar surface area (TPSA) is 52.7 Å². The predicted molar refractivity (Wildman–Crippen MR) is 105 cm³/mol. The van der Waals surface area contributed by atoms with Gasteiger partial charge in [0.2, 0.25) is 11.8 Å². The summed E-state index contributed by atoms with van der Waals surface area (Å²) in [6.45, 7) is 6.51. The highest BCUT2D eigenvalue weighted by Gasteiger charge is 2.57. The molecule has 0 aromatic heterocycles. The molecule has 3 fully saturated rings. The number of unbranched alkanes of at least 4 members (excludes halogenated alkanes) is 1. The first-order valence-corrected chi connectivity index (χ1v) is 10.6. The van der Waals surface area contributed by atoms with E-state index in [1.54, 1.807) is 12.1 Å². The Labute approximate surface area is 166 Å². The largest absolute Gasteiger partial charge is 0.350 e. The van der Waals surface area contributed by atoms with Crippen LogP contribution in [0, 0.1) is 17.7 Å². The van der Waals surface area contributed by atoms with Crippen molar-refractivity contribution in [3.05, 3.63) is 35.6 Å². The number of piperidine rings is 1. The van der Waals surface area contributed by atoms with Gasteiger partial charge in [-0.3, -0.25) is 9.59 Å². The lowest BCUT2D eigenvalue weighted by molar-refractivity contribution is -0.132. The monoisotopic (exact) mass is 387 g/mol. The zero-order valence-electron chi connectivity index (χ0n) is 16.6. The summed E-state index contributed by atoms with van der Waals surface area (Å²) in [6, 6.07) is 6.13. The highest BCUT2D eigenvalue weighted by Crippen LogP contribution is 2.44. The highest BCUT2D eigenvalue weighted by molar-refractivity contribution is 5.84. The number of carbonyl (C=O) groups is 2. The molecular formula is C22H30FN3O2. The molecule has 5 nitrogen and oxygen atoms in total. The first-order valence-electron chi connectivity index (χ1n) is 10.6. The fraction of sp³-hybridized carbons (Fsp3) is 0.636. The number of nitrogens with one attached hydrogen (secondary N) is 1. The second kappa shape index (κ2) is 7.82. The Morgan fingerprint density at radius 1 is 1.21 bits per heavy atom. The minimum atomic E-state index is -0.285. The molecule has 2 atom stereocenters. The summed E-state index contributed by atoms with van der Waals surface area (Å²) in [5, 5.41) is 3.32. The number of hydrogen-bond acceptors (Lipinski definition) is 3. The third-order valence-corrected chi connectivity index (χ3v) is 6.92. The van der Waals surface area contributed by atoms with Crippen molar-refractivity contribution in [3.8, 4) is 0 Å². The normalized spacial score (nSPS) is 26.5. The van der Waals surface area contributed by atoms with Crippen LogP contribution in [0.3, 0.4) is 0 Å². The smallest absolute Gasteiger partial charge is 0.226 e. The average molecular weight is 387 g/mol. The van der Waals surface area contributed by atoms with Gasteiger partial charge in [0.25, 0.3) is 0 Å². The van der Waals surface area contributed by atoms with Gasteiger partial charge in [0, 0.05) is 37.6 Å². The molecule has 3 heterocycles. The number of fused-ring (bicyclic) bond motifs is 2. The van der Waals surface area contributed by atoms with Gasteiger partial charge < -0.3 is 15.1 Å². The summed E-state index contributed by atoms with van der Waals surface area (Å²) >= 11 is 0. The van der Waals surface area contributed by atoms with Crippen molar-refractivity contribution in [1.29, 1.82) is 0 Å². The van der Waals surface area contributed by atoms with Crippen molar-refractivity contribution in [2.75, 3.05) is 32.7 Å². The molecule has 4 rings (SSSR count). The van der Waals surface area contributed by atoms with Gasteiger partial charge in [-0.2, -0.15) is 0 Å². The summed E-state index contributed by atoms with van der Waals surface area (Å²) in [4.78, 5) is 29.6. The van der Waals surface area contributed by atoms with E-state index in [2.05, 4.69) is 17.1 Å². The average Bonchev–Trinajstić information content (AvgIpc) is 3.22. The quantitative estimate of drug-likeness (QED) is 0.843. The number of carbonyl (C=O) groups excluding carboxylic acids is 2. The highest BCUT2D eigenvalue weighted by atomic mass is 19.1. The third-order valence-electron chi connectivity index (χ3n) is 6.92. The summed E-state index contributed by atoms with van der Waals surface area (Å²) in [7, 11) is 0. The maximum Gasteiger partial charge on any atom is 0.226 e. The third kappa shape index (κ3) is 3.66. The molecule has 0 bridgehead atoms. The predicted octanol–water partition coefficient (Wildman–Crippen LogP) is 2.21. The Bertz CT molecular complexity index is 728. The molecule has 1 spiro atoms. The van der Waals surface area contributed by atoms with Gasteiger partial charge in [-0.05, 0) is 43.5 Å². The molecule has 2 amide bonds. The second-order valence-corrected chi connectivity index (χ2v) is 8.66. The molecule has 0 aliphatic carbocycles. The minimum absolute atomic E-state index is 0.0818. The number of hydrogen-bond donors (Lipinski definition) is 1. The Hall–Kier alpha value is -1.95. The van der Waals surface area contributed by atoms with E-state index in [-0.39, 0.29) is 29.1 Å². The van der Waals surface area contributed by atoms with Crippen LogP contribution in [0.4, 0.5) is 4.39 Å². The lowest BCUT2D eigenvalue weighted by atomic mass is 9.75. The fourth-order valence-corrected chi connectivity index (χ4v) is 5.25. The molecule has 3 aliphatic heterocycles. The minimum Gasteiger partial charge on any atom is -0.350 e. The molecule has 6 heteroatoms. The maximum atomic E-state index is 13.0. The molecule has 3 aliphatic rings. The number of halogens is 1. The van der Waals surface area contributed by atoms with E-state index in [0.29, 0.717) is 25.4 Å². The molecule has 1 N–H and O–H groups in total. The van der Waals surface area contributed by atoms with Crippen molar-refractivity contribution in [1.82, 2.24) is 15.1 Å². The van der Waals surface area contributed by atoms with E-state index < -0.39 is 0 Å². The summed E-state index contributed by atoms with van der Waals surface area (Å²) in [5.74, 6) is 0.477. The van der Waals surface area contributed by atoms with Gasteiger partial charge >= 0.3 is 0 Å². The van der Waals surface area contributed by atoms with Gasteiger partial charge in [0.1, 0.15) is 5.82 Å². The van der Waals surface area contributed by atoms with Gasteiger partial charge in [-0.25, -0.2) is 4.39 Å². The molecule has 1 aromatic carbocycles. The van der Waals surface area contributed by atoms with Crippen LogP contribution in [-0.4, -0.2) is 59.9 Å². The van der Waals surface area contributed by atoms with Crippen molar-refractivity contribution in [2.45, 2.75) is 44.6 Å². The molecule has 3 saturated heterocycles. The van der Waals surface area contributed by atoms with Crippen LogP contribution in [0.5, 0.6) is 0 Å². The number of nitrogens with zero attached hydrogens (tertiary/aromatic N) is 2. The molecule has 0 saturated carbocycles. The van der Waals surface area contributed by atoms with Crippen molar-refractivity contribution in [3.63, 3.8) is 0 Å². The maximum absolute atomic E-state index is 13.0. The van der Waals surface area contributed by atoms with Gasteiger partial charge in [-0.1, -0.05) is 25.5 Å². The van der Waals surface area contributed by atoms with Crippen LogP contribution >= 0.6 is 0 Å². The van der Waals surface area contributed by atoms with Crippen LogP contribution in [0.2, 0.25) is 0 Å². The van der Waals surface area contributed by atoms with Gasteiger partial charge in [0.15, 0.2) is 0 Å². The Morgan fingerprint density at radius 2 is 1.93 bits per heavy atom. The van der Waals surface area contributed by atoms with Crippen LogP contribution in [0.25, 0.3) is 0 Å². The van der Waals surface area contributed by atoms with Gasteiger partial charge in [-0.15, -0.1) is 0 Å². The van der Waals surface area contributed by atoms with Crippen LogP contribution in [-0.2, 0) is 16.0 Å². The second-order valence-electron chi connectivity index (χ2n) is 8.66. The standard InChI is InChI=1S/C22H30FN3O2/c1-2-3-10-25-14-18-19(15-25)22(24-21(18)28)8-11-26(12-9-22)20(27)13-16-4-6-17(23)7-5-16/h4-7,18-19H,2-3,8-15H2,1H3,(H,24,28)/t18-,19+/m1/s1. The van der Waals surface area contributed by atoms with Crippen LogP contribution < -0.4 is 5.32 Å². The fourth-order valence-electron chi connectivity index (χ4n) is 5.25. The lowest BCUT2D eigenvalue weighted by Gasteiger charge is -2.43. The number of rotatable bonds is 5. The SMILES string of the molecule is CCCCN1C[C@H]2C(=O)NC3(CCN(C(=O)Cc4ccc(F)cc4)CC3)[C@H]2C1. The molecule has 0 radical (unpaired) electrons. The Morgan fingerprint density at radius 3 is 2.61 bits per heavy atom. The molecular weight excluding hydrogens is 357 g/mol. The summed E-state index contributed by atoms with van der Waals surface area (Å²) in [6.07, 6.45) is 4.32. The lowest BCUT2D eigenvalue weighted by Crippen LogP contribution is -2.56. The van der Waals surface area contributed by atoms with E-state index in [1.165, 1.54) is 25.0 Å². The zero-order chi connectivity index (χ0) is 19.7. The van der Waals surface area contributed by atoms with Crippen LogP contribution in [0.15, 0.2) is 24.3 Å². The number of amides is 2. The van der Waals surface area contributed by atoms with Crippen molar-refractivity contribution < 1.29 is 14.0 Å². The summed E-state index contributed by atoms with van der Waals surface area (Å²) < 4.78 is 13.0. The van der Waals surface area contributed by atoms with Crippen LogP contribution in [0.1, 0.15) is 38.2 Å². The van der Waals surface area contributed by atoms with Gasteiger partial charge in [0.05, 0.1) is 12.3 Å². The summed E-state index contributed by atoms with van der Waals surface area (Å²) in [5.41, 5.74) is 0.693. The number of benzene rings is 1. The van der Waals surface area contributed by atoms with Crippen molar-refractivity contribution in [2.24, 2.45) is 11.8 Å². The number of likely N-dealkylation sites (tertiary alicyclic amines) is 2. The van der Waals surface area contributed by atoms with E-state index in [1.807, 2.05) is 4.90 Å². The first kappa shape index (κ1) is 19.4. The zero-order valence-corrected chi connectivity index (χ0v) is 16.6. The van der Waals surface area contributed by atoms with E-state index in [4.69, 9.17) is 0 Å². The Balaban J connectivity index is 1.36. The molecule has 152 valence electrons. The molecule has 28 heavy (non-hydrogen) atoms. The Kier molecular flexibility index (Phi) is 5.41.